The molecule has 100 valence electrons. The van der Waals surface area contributed by atoms with Gasteiger partial charge in [-0.25, -0.2) is 4.39 Å². The number of ketones is 1. The van der Waals surface area contributed by atoms with Crippen LogP contribution in [-0.4, -0.2) is 18.5 Å². The Morgan fingerprint density at radius 2 is 2.42 bits per heavy atom. The molecule has 0 aliphatic carbocycles. The largest absolute Gasteiger partial charge is 0.378 e. The summed E-state index contributed by atoms with van der Waals surface area (Å²) in [5.74, 6) is -2.14. The number of nitriles is 1. The van der Waals surface area contributed by atoms with E-state index in [0.29, 0.717) is 6.61 Å². The molecule has 2 unspecified atom stereocenters. The van der Waals surface area contributed by atoms with Crippen molar-refractivity contribution in [3.8, 4) is 6.07 Å². The molecule has 0 radical (unpaired) electrons. The summed E-state index contributed by atoms with van der Waals surface area (Å²) in [6.07, 6.45) is 1.72. The molecule has 5 heteroatoms. The summed E-state index contributed by atoms with van der Waals surface area (Å²) in [5.41, 5.74) is 0.0398. The number of halogens is 2. The van der Waals surface area contributed by atoms with E-state index in [4.69, 9.17) is 21.6 Å². The van der Waals surface area contributed by atoms with Crippen LogP contribution in [0.3, 0.4) is 0 Å². The second kappa shape index (κ2) is 6.14. The number of ether oxygens (including phenoxy) is 1. The molecular weight excluding hydrogens is 269 g/mol. The lowest BCUT2D eigenvalue weighted by Crippen LogP contribution is -2.19. The van der Waals surface area contributed by atoms with Crippen molar-refractivity contribution >= 4 is 17.4 Å². The van der Waals surface area contributed by atoms with E-state index in [1.807, 2.05) is 6.07 Å². The molecule has 0 saturated carbocycles. The van der Waals surface area contributed by atoms with E-state index in [1.54, 1.807) is 0 Å². The molecule has 1 aromatic rings. The van der Waals surface area contributed by atoms with Crippen molar-refractivity contribution in [3.05, 3.63) is 34.6 Å². The third-order valence-corrected chi connectivity index (χ3v) is 3.49. The fraction of sp³-hybridized carbons (Fsp3) is 0.429. The highest BCUT2D eigenvalue weighted by atomic mass is 35.5. The summed E-state index contributed by atoms with van der Waals surface area (Å²) in [6, 6.07) is 6.20. The van der Waals surface area contributed by atoms with Crippen molar-refractivity contribution in [2.45, 2.75) is 31.3 Å². The number of carbonyl (C=O) groups excluding carboxylic acids is 1. The molecule has 1 aliphatic rings. The maximum absolute atomic E-state index is 13.8. The Labute approximate surface area is 115 Å². The Hall–Kier alpha value is -1.44. The average Bonchev–Trinajstić information content (AvgIpc) is 2.88. The summed E-state index contributed by atoms with van der Waals surface area (Å²) in [4.78, 5) is 12.1. The third-order valence-electron chi connectivity index (χ3n) is 3.20. The molecule has 1 fully saturated rings. The molecule has 0 amide bonds. The summed E-state index contributed by atoms with van der Waals surface area (Å²) in [6.45, 7) is 0.640. The molecule has 0 N–H and O–H groups in total. The SMILES string of the molecule is N#CC(C(=O)CC1CCCO1)c1cccc(Cl)c1F. The van der Waals surface area contributed by atoms with Crippen LogP contribution in [0, 0.1) is 17.1 Å². The second-order valence-corrected chi connectivity index (χ2v) is 4.92. The van der Waals surface area contributed by atoms with Crippen LogP contribution >= 0.6 is 11.6 Å². The van der Waals surface area contributed by atoms with Crippen LogP contribution in [0.4, 0.5) is 4.39 Å². The summed E-state index contributed by atoms with van der Waals surface area (Å²) < 4.78 is 19.2. The predicted molar refractivity (Wildman–Crippen MR) is 68.4 cm³/mol. The molecule has 1 aromatic carbocycles. The van der Waals surface area contributed by atoms with Gasteiger partial charge >= 0.3 is 0 Å². The number of hydrogen-bond acceptors (Lipinski definition) is 3. The molecule has 1 saturated heterocycles. The normalized spacial score (nSPS) is 19.9. The van der Waals surface area contributed by atoms with Gasteiger partial charge in [0.1, 0.15) is 11.7 Å². The highest BCUT2D eigenvalue weighted by Gasteiger charge is 2.28. The highest BCUT2D eigenvalue weighted by Crippen LogP contribution is 2.27. The predicted octanol–water partition coefficient (Wildman–Crippen LogP) is 3.22. The minimum atomic E-state index is -1.12. The number of nitrogens with zero attached hydrogens (tertiary/aromatic N) is 1. The number of hydrogen-bond donors (Lipinski definition) is 0. The van der Waals surface area contributed by atoms with E-state index in [9.17, 15) is 9.18 Å². The van der Waals surface area contributed by atoms with Crippen molar-refractivity contribution in [2.75, 3.05) is 6.61 Å². The molecule has 19 heavy (non-hydrogen) atoms. The molecule has 1 aliphatic heterocycles. The Bertz CT molecular complexity index is 521. The standard InChI is InChI=1S/C14H13ClFNO2/c15-12-5-1-4-10(14(12)16)11(8-17)13(18)7-9-3-2-6-19-9/h1,4-5,9,11H,2-3,6-7H2. The van der Waals surface area contributed by atoms with E-state index in [2.05, 4.69) is 0 Å². The number of carbonyl (C=O) groups is 1. The van der Waals surface area contributed by atoms with E-state index >= 15 is 0 Å². The van der Waals surface area contributed by atoms with Gasteiger partial charge in [-0.3, -0.25) is 4.79 Å². The van der Waals surface area contributed by atoms with Crippen molar-refractivity contribution in [3.63, 3.8) is 0 Å². The van der Waals surface area contributed by atoms with E-state index in [0.717, 1.165) is 12.8 Å². The van der Waals surface area contributed by atoms with Gasteiger partial charge in [0.05, 0.1) is 17.2 Å². The van der Waals surface area contributed by atoms with Crippen molar-refractivity contribution in [1.82, 2.24) is 0 Å². The van der Waals surface area contributed by atoms with Gasteiger partial charge in [-0.1, -0.05) is 23.7 Å². The maximum atomic E-state index is 13.8. The van der Waals surface area contributed by atoms with Gasteiger partial charge in [-0.05, 0) is 18.9 Å². The molecule has 3 nitrogen and oxygen atoms in total. The fourth-order valence-electron chi connectivity index (χ4n) is 2.21. The average molecular weight is 282 g/mol. The lowest BCUT2D eigenvalue weighted by atomic mass is 9.92. The van der Waals surface area contributed by atoms with E-state index < -0.39 is 11.7 Å². The molecular formula is C14H13ClFNO2. The molecule has 0 aromatic heterocycles. The van der Waals surface area contributed by atoms with Gasteiger partial charge < -0.3 is 4.74 Å². The Balaban J connectivity index is 2.17. The van der Waals surface area contributed by atoms with Gasteiger partial charge in [-0.2, -0.15) is 5.26 Å². The molecule has 0 bridgehead atoms. The first kappa shape index (κ1) is 14.0. The number of Topliss-reactive ketones (excluding diaryl/α,β-unsaturated/α-hetero) is 1. The zero-order chi connectivity index (χ0) is 13.8. The molecule has 0 spiro atoms. The smallest absolute Gasteiger partial charge is 0.157 e. The molecule has 2 rings (SSSR count). The zero-order valence-corrected chi connectivity index (χ0v) is 11.0. The van der Waals surface area contributed by atoms with Crippen molar-refractivity contribution in [2.24, 2.45) is 0 Å². The van der Waals surface area contributed by atoms with Gasteiger partial charge in [-0.15, -0.1) is 0 Å². The monoisotopic (exact) mass is 281 g/mol. The van der Waals surface area contributed by atoms with Crippen LogP contribution in [-0.2, 0) is 9.53 Å². The summed E-state index contributed by atoms with van der Waals surface area (Å²) in [5, 5.41) is 9.04. The van der Waals surface area contributed by atoms with Crippen molar-refractivity contribution < 1.29 is 13.9 Å². The summed E-state index contributed by atoms with van der Waals surface area (Å²) in [7, 11) is 0. The van der Waals surface area contributed by atoms with Gasteiger partial charge in [0, 0.05) is 18.6 Å². The lowest BCUT2D eigenvalue weighted by molar-refractivity contribution is -0.121. The van der Waals surface area contributed by atoms with Gasteiger partial charge in [0.25, 0.3) is 0 Å². The van der Waals surface area contributed by atoms with Crippen molar-refractivity contribution in [1.29, 1.82) is 5.26 Å². The topological polar surface area (TPSA) is 50.1 Å². The van der Waals surface area contributed by atoms with Crippen LogP contribution in [0.2, 0.25) is 5.02 Å². The first-order chi connectivity index (χ1) is 9.13. The number of rotatable bonds is 4. The summed E-state index contributed by atoms with van der Waals surface area (Å²) >= 11 is 5.67. The third kappa shape index (κ3) is 3.12. The maximum Gasteiger partial charge on any atom is 0.157 e. The minimum absolute atomic E-state index is 0.0398. The molecule has 2 atom stereocenters. The molecule has 1 heterocycles. The Morgan fingerprint density at radius 1 is 1.63 bits per heavy atom. The van der Waals surface area contributed by atoms with E-state index in [-0.39, 0.29) is 28.9 Å². The highest BCUT2D eigenvalue weighted by molar-refractivity contribution is 6.30. The first-order valence-electron chi connectivity index (χ1n) is 6.11. The Morgan fingerprint density at radius 3 is 3.05 bits per heavy atom. The number of benzene rings is 1. The van der Waals surface area contributed by atoms with Crippen LogP contribution in [0.25, 0.3) is 0 Å². The van der Waals surface area contributed by atoms with Crippen LogP contribution in [0.1, 0.15) is 30.7 Å². The van der Waals surface area contributed by atoms with Crippen LogP contribution in [0.5, 0.6) is 0 Å². The van der Waals surface area contributed by atoms with Crippen LogP contribution < -0.4 is 0 Å². The first-order valence-corrected chi connectivity index (χ1v) is 6.49. The minimum Gasteiger partial charge on any atom is -0.378 e. The quantitative estimate of drug-likeness (QED) is 0.851. The lowest BCUT2D eigenvalue weighted by Gasteiger charge is -2.13. The zero-order valence-electron chi connectivity index (χ0n) is 10.2. The van der Waals surface area contributed by atoms with Crippen LogP contribution in [0.15, 0.2) is 18.2 Å². The second-order valence-electron chi connectivity index (χ2n) is 4.51. The fourth-order valence-corrected chi connectivity index (χ4v) is 2.39. The van der Waals surface area contributed by atoms with Gasteiger partial charge in [0.15, 0.2) is 5.78 Å². The van der Waals surface area contributed by atoms with Gasteiger partial charge in [0.2, 0.25) is 0 Å². The Kier molecular flexibility index (Phi) is 4.52. The van der Waals surface area contributed by atoms with E-state index in [1.165, 1.54) is 18.2 Å².